The molecule has 1 aliphatic rings. The van der Waals surface area contributed by atoms with Crippen LogP contribution < -0.4 is 10.2 Å². The lowest BCUT2D eigenvalue weighted by molar-refractivity contribution is 0.0526. The molecule has 0 atom stereocenters. The van der Waals surface area contributed by atoms with E-state index in [1.165, 1.54) is 5.69 Å². The predicted molar refractivity (Wildman–Crippen MR) is 109 cm³/mol. The number of para-hydroxylation sites is 1. The molecule has 0 saturated carbocycles. The highest BCUT2D eigenvalue weighted by Crippen LogP contribution is 2.17. The minimum Gasteiger partial charge on any atom is -0.462 e. The average molecular weight is 369 g/mol. The van der Waals surface area contributed by atoms with Gasteiger partial charge in [0.25, 0.3) is 0 Å². The molecule has 2 aromatic carbocycles. The van der Waals surface area contributed by atoms with Crippen molar-refractivity contribution in [2.24, 2.45) is 0 Å². The molecule has 1 heterocycles. The highest BCUT2D eigenvalue weighted by atomic mass is 32.1. The summed E-state index contributed by atoms with van der Waals surface area (Å²) in [7, 11) is 0. The Balaban J connectivity index is 1.52. The van der Waals surface area contributed by atoms with Gasteiger partial charge in [-0.1, -0.05) is 18.2 Å². The Morgan fingerprint density at radius 3 is 2.31 bits per heavy atom. The first kappa shape index (κ1) is 18.2. The number of ether oxygens (including phenoxy) is 1. The molecular weight excluding hydrogens is 346 g/mol. The van der Waals surface area contributed by atoms with Gasteiger partial charge in [-0.3, -0.25) is 0 Å². The third kappa shape index (κ3) is 4.52. The lowest BCUT2D eigenvalue weighted by Gasteiger charge is -2.37. The van der Waals surface area contributed by atoms with E-state index in [-0.39, 0.29) is 5.97 Å². The van der Waals surface area contributed by atoms with E-state index >= 15 is 0 Å². The lowest BCUT2D eigenvalue weighted by atomic mass is 10.2. The van der Waals surface area contributed by atoms with E-state index < -0.39 is 0 Å². The molecule has 0 bridgehead atoms. The van der Waals surface area contributed by atoms with E-state index in [9.17, 15) is 4.79 Å². The number of carbonyl (C=O) groups excluding carboxylic acids is 1. The summed E-state index contributed by atoms with van der Waals surface area (Å²) in [6.07, 6.45) is 0. The van der Waals surface area contributed by atoms with Gasteiger partial charge in [0.05, 0.1) is 12.2 Å². The Morgan fingerprint density at radius 2 is 1.69 bits per heavy atom. The number of hydrogen-bond acceptors (Lipinski definition) is 4. The molecule has 1 fully saturated rings. The van der Waals surface area contributed by atoms with Crippen LogP contribution in [0.25, 0.3) is 0 Å². The maximum atomic E-state index is 11.7. The minimum absolute atomic E-state index is 0.307. The first-order chi connectivity index (χ1) is 12.7. The predicted octanol–water partition coefficient (Wildman–Crippen LogP) is 3.38. The van der Waals surface area contributed by atoms with E-state index in [4.69, 9.17) is 17.0 Å². The molecule has 1 saturated heterocycles. The Bertz CT molecular complexity index is 741. The lowest BCUT2D eigenvalue weighted by Crippen LogP contribution is -2.50. The molecule has 3 rings (SSSR count). The second-order valence-electron chi connectivity index (χ2n) is 6.04. The van der Waals surface area contributed by atoms with Crippen LogP contribution in [0.4, 0.5) is 11.4 Å². The van der Waals surface area contributed by atoms with Crippen LogP contribution in [0.1, 0.15) is 17.3 Å². The summed E-state index contributed by atoms with van der Waals surface area (Å²) in [6, 6.07) is 17.6. The van der Waals surface area contributed by atoms with Crippen molar-refractivity contribution in [2.75, 3.05) is 43.0 Å². The molecule has 1 aliphatic heterocycles. The molecule has 6 heteroatoms. The molecule has 0 aromatic heterocycles. The van der Waals surface area contributed by atoms with Crippen molar-refractivity contribution in [1.82, 2.24) is 4.90 Å². The van der Waals surface area contributed by atoms with Gasteiger partial charge in [-0.15, -0.1) is 0 Å². The molecule has 5 nitrogen and oxygen atoms in total. The van der Waals surface area contributed by atoms with Crippen LogP contribution in [0.2, 0.25) is 0 Å². The van der Waals surface area contributed by atoms with Crippen molar-refractivity contribution < 1.29 is 9.53 Å². The minimum atomic E-state index is -0.307. The summed E-state index contributed by atoms with van der Waals surface area (Å²) in [5.74, 6) is -0.307. The average Bonchev–Trinajstić information content (AvgIpc) is 2.69. The SMILES string of the molecule is CCOC(=O)c1ccc(NC(=S)N2CCN(c3ccccc3)CC2)cc1. The Hall–Kier alpha value is -2.60. The summed E-state index contributed by atoms with van der Waals surface area (Å²) < 4.78 is 4.99. The number of carbonyl (C=O) groups is 1. The van der Waals surface area contributed by atoms with Gasteiger partial charge in [0.2, 0.25) is 0 Å². The number of anilines is 2. The van der Waals surface area contributed by atoms with Crippen LogP contribution in [-0.2, 0) is 4.74 Å². The normalized spacial score (nSPS) is 14.0. The van der Waals surface area contributed by atoms with Gasteiger partial charge in [0.15, 0.2) is 5.11 Å². The fourth-order valence-electron chi connectivity index (χ4n) is 2.91. The Kier molecular flexibility index (Phi) is 6.07. The molecule has 0 unspecified atom stereocenters. The van der Waals surface area contributed by atoms with E-state index in [1.807, 2.05) is 18.2 Å². The summed E-state index contributed by atoms with van der Waals surface area (Å²) in [5, 5.41) is 3.96. The number of piperazine rings is 1. The largest absolute Gasteiger partial charge is 0.462 e. The van der Waals surface area contributed by atoms with Crippen LogP contribution in [0.3, 0.4) is 0 Å². The van der Waals surface area contributed by atoms with E-state index in [2.05, 4.69) is 39.4 Å². The number of thiocarbonyl (C=S) groups is 1. The van der Waals surface area contributed by atoms with Crippen molar-refractivity contribution >= 4 is 34.7 Å². The number of nitrogens with zero attached hydrogens (tertiary/aromatic N) is 2. The molecule has 136 valence electrons. The van der Waals surface area contributed by atoms with E-state index in [0.717, 1.165) is 31.9 Å². The van der Waals surface area contributed by atoms with Gasteiger partial charge in [0, 0.05) is 37.6 Å². The molecular formula is C20H23N3O2S. The van der Waals surface area contributed by atoms with Crippen molar-refractivity contribution in [3.05, 3.63) is 60.2 Å². The molecule has 0 spiro atoms. The molecule has 0 amide bonds. The summed E-state index contributed by atoms with van der Waals surface area (Å²) in [5.41, 5.74) is 2.66. The molecule has 0 radical (unpaired) electrons. The van der Waals surface area contributed by atoms with Gasteiger partial charge >= 0.3 is 5.97 Å². The monoisotopic (exact) mass is 369 g/mol. The molecule has 2 aromatic rings. The van der Waals surface area contributed by atoms with Crippen LogP contribution >= 0.6 is 12.2 Å². The topological polar surface area (TPSA) is 44.8 Å². The zero-order valence-corrected chi connectivity index (χ0v) is 15.7. The maximum absolute atomic E-state index is 11.7. The second-order valence-corrected chi connectivity index (χ2v) is 6.42. The van der Waals surface area contributed by atoms with Gasteiger partial charge in [-0.05, 0) is 55.5 Å². The van der Waals surface area contributed by atoms with Gasteiger partial charge in [0.1, 0.15) is 0 Å². The first-order valence-corrected chi connectivity index (χ1v) is 9.21. The van der Waals surface area contributed by atoms with Gasteiger partial charge < -0.3 is 19.9 Å². The quantitative estimate of drug-likeness (QED) is 0.658. The maximum Gasteiger partial charge on any atom is 0.338 e. The van der Waals surface area contributed by atoms with E-state index in [0.29, 0.717) is 17.3 Å². The Labute approximate surface area is 159 Å². The zero-order chi connectivity index (χ0) is 18.4. The molecule has 0 aliphatic carbocycles. The van der Waals surface area contributed by atoms with Crippen LogP contribution in [0.5, 0.6) is 0 Å². The third-order valence-corrected chi connectivity index (χ3v) is 4.70. The standard InChI is InChI=1S/C20H23N3O2S/c1-2-25-19(24)16-8-10-17(11-9-16)21-20(26)23-14-12-22(13-15-23)18-6-4-3-5-7-18/h3-11H,2,12-15H2,1H3,(H,21,26). The third-order valence-electron chi connectivity index (χ3n) is 4.34. The zero-order valence-electron chi connectivity index (χ0n) is 14.9. The number of hydrogen-bond donors (Lipinski definition) is 1. The fourth-order valence-corrected chi connectivity index (χ4v) is 3.21. The van der Waals surface area contributed by atoms with Crippen molar-refractivity contribution in [2.45, 2.75) is 6.92 Å². The van der Waals surface area contributed by atoms with Crippen molar-refractivity contribution in [3.8, 4) is 0 Å². The van der Waals surface area contributed by atoms with Gasteiger partial charge in [-0.2, -0.15) is 0 Å². The Morgan fingerprint density at radius 1 is 1.04 bits per heavy atom. The number of rotatable bonds is 4. The van der Waals surface area contributed by atoms with Crippen LogP contribution in [-0.4, -0.2) is 48.8 Å². The second kappa shape index (κ2) is 8.67. The number of benzene rings is 2. The smallest absolute Gasteiger partial charge is 0.338 e. The van der Waals surface area contributed by atoms with Crippen molar-refractivity contribution in [3.63, 3.8) is 0 Å². The van der Waals surface area contributed by atoms with E-state index in [1.54, 1.807) is 19.1 Å². The number of esters is 1. The highest BCUT2D eigenvalue weighted by Gasteiger charge is 2.19. The number of nitrogens with one attached hydrogen (secondary N) is 1. The highest BCUT2D eigenvalue weighted by molar-refractivity contribution is 7.80. The fraction of sp³-hybridized carbons (Fsp3) is 0.300. The van der Waals surface area contributed by atoms with Crippen molar-refractivity contribution in [1.29, 1.82) is 0 Å². The van der Waals surface area contributed by atoms with Crippen LogP contribution in [0.15, 0.2) is 54.6 Å². The van der Waals surface area contributed by atoms with Crippen LogP contribution in [0, 0.1) is 0 Å². The summed E-state index contributed by atoms with van der Waals surface area (Å²) >= 11 is 5.54. The summed E-state index contributed by atoms with van der Waals surface area (Å²) in [4.78, 5) is 16.2. The first-order valence-electron chi connectivity index (χ1n) is 8.80. The molecule has 26 heavy (non-hydrogen) atoms. The summed E-state index contributed by atoms with van der Waals surface area (Å²) in [6.45, 7) is 5.80. The van der Waals surface area contributed by atoms with Gasteiger partial charge in [-0.25, -0.2) is 4.79 Å². The molecule has 1 N–H and O–H groups in total.